The average molecular weight is 446 g/mol. The number of aromatic amines is 1. The predicted molar refractivity (Wildman–Crippen MR) is 110 cm³/mol. The Morgan fingerprint density at radius 2 is 1.78 bits per heavy atom. The molecule has 1 saturated carbocycles. The molecular formula is C23H25F3N4O2. The highest BCUT2D eigenvalue weighted by Gasteiger charge is 2.45. The molecular weight excluding hydrogens is 421 g/mol. The highest BCUT2D eigenvalue weighted by Crippen LogP contribution is 2.49. The molecule has 9 heteroatoms. The minimum absolute atomic E-state index is 0.00727. The van der Waals surface area contributed by atoms with Crippen molar-refractivity contribution in [2.75, 3.05) is 19.6 Å². The lowest BCUT2D eigenvalue weighted by atomic mass is 9.91. The van der Waals surface area contributed by atoms with E-state index in [2.05, 4.69) is 10.2 Å². The Morgan fingerprint density at radius 1 is 1.09 bits per heavy atom. The molecule has 1 aromatic heterocycles. The van der Waals surface area contributed by atoms with Crippen LogP contribution >= 0.6 is 0 Å². The summed E-state index contributed by atoms with van der Waals surface area (Å²) < 4.78 is 40.3. The zero-order chi connectivity index (χ0) is 22.6. The van der Waals surface area contributed by atoms with Crippen molar-refractivity contribution in [1.29, 1.82) is 0 Å². The van der Waals surface area contributed by atoms with Gasteiger partial charge in [0.15, 0.2) is 5.69 Å². The minimum atomic E-state index is -4.35. The second-order valence-corrected chi connectivity index (χ2v) is 9.20. The number of nitrogens with zero attached hydrogens (tertiary/aromatic N) is 3. The molecule has 0 unspecified atom stereocenters. The second kappa shape index (κ2) is 7.64. The van der Waals surface area contributed by atoms with Crippen LogP contribution in [0.25, 0.3) is 0 Å². The van der Waals surface area contributed by atoms with E-state index in [0.29, 0.717) is 56.7 Å². The molecule has 2 aromatic rings. The Morgan fingerprint density at radius 3 is 2.44 bits per heavy atom. The van der Waals surface area contributed by atoms with E-state index >= 15 is 0 Å². The van der Waals surface area contributed by atoms with Gasteiger partial charge in [-0.2, -0.15) is 18.3 Å². The number of halogens is 3. The minimum Gasteiger partial charge on any atom is -0.337 e. The third-order valence-electron chi connectivity index (χ3n) is 7.33. The molecule has 5 rings (SSSR count). The zero-order valence-corrected chi connectivity index (χ0v) is 17.8. The number of benzene rings is 1. The molecule has 3 atom stereocenters. The average Bonchev–Trinajstić information content (AvgIpc) is 3.45. The molecule has 0 spiro atoms. The molecule has 0 radical (unpaired) electrons. The first kappa shape index (κ1) is 21.0. The molecule has 3 heterocycles. The van der Waals surface area contributed by atoms with Crippen molar-refractivity contribution < 1.29 is 22.8 Å². The summed E-state index contributed by atoms with van der Waals surface area (Å²) in [5.74, 6) is 0.143. The monoisotopic (exact) mass is 446 g/mol. The maximum Gasteiger partial charge on any atom is 0.416 e. The molecule has 3 aliphatic rings. The summed E-state index contributed by atoms with van der Waals surface area (Å²) in [6.45, 7) is 3.62. The van der Waals surface area contributed by atoms with Crippen LogP contribution in [0.1, 0.15) is 58.6 Å². The van der Waals surface area contributed by atoms with Crippen LogP contribution < -0.4 is 0 Å². The number of hydrogen-bond acceptors (Lipinski definition) is 3. The second-order valence-electron chi connectivity index (χ2n) is 9.20. The number of fused-ring (bicyclic) bond motifs is 2. The van der Waals surface area contributed by atoms with Crippen LogP contribution in [0.2, 0.25) is 0 Å². The van der Waals surface area contributed by atoms with Crippen LogP contribution in [0.4, 0.5) is 13.2 Å². The number of rotatable bonds is 2. The van der Waals surface area contributed by atoms with E-state index in [-0.39, 0.29) is 29.6 Å². The third kappa shape index (κ3) is 3.57. The van der Waals surface area contributed by atoms with E-state index in [4.69, 9.17) is 0 Å². The first-order valence-electron chi connectivity index (χ1n) is 11.0. The fourth-order valence-corrected chi connectivity index (χ4v) is 5.74. The van der Waals surface area contributed by atoms with Crippen molar-refractivity contribution in [3.05, 3.63) is 52.3 Å². The van der Waals surface area contributed by atoms with Gasteiger partial charge in [0.2, 0.25) is 5.91 Å². The van der Waals surface area contributed by atoms with Gasteiger partial charge in [-0.25, -0.2) is 0 Å². The Hall–Kier alpha value is -2.84. The molecule has 2 amide bonds. The Kier molecular flexibility index (Phi) is 5.02. The summed E-state index contributed by atoms with van der Waals surface area (Å²) in [6.07, 6.45) is -2.45. The maximum atomic E-state index is 13.4. The summed E-state index contributed by atoms with van der Waals surface area (Å²) in [5.41, 5.74) is 1.94. The van der Waals surface area contributed by atoms with E-state index in [1.807, 2.05) is 0 Å². The first-order valence-corrected chi connectivity index (χ1v) is 11.0. The molecule has 2 aliphatic heterocycles. The van der Waals surface area contributed by atoms with E-state index in [0.717, 1.165) is 17.3 Å². The van der Waals surface area contributed by atoms with Gasteiger partial charge in [0, 0.05) is 32.1 Å². The van der Waals surface area contributed by atoms with Crippen LogP contribution in [0.3, 0.4) is 0 Å². The van der Waals surface area contributed by atoms with E-state index in [1.54, 1.807) is 21.9 Å². The molecule has 2 fully saturated rings. The van der Waals surface area contributed by atoms with Crippen LogP contribution in [0, 0.1) is 11.8 Å². The third-order valence-corrected chi connectivity index (χ3v) is 7.33. The van der Waals surface area contributed by atoms with Gasteiger partial charge in [-0.05, 0) is 48.6 Å². The van der Waals surface area contributed by atoms with Gasteiger partial charge in [0.25, 0.3) is 5.91 Å². The summed E-state index contributed by atoms with van der Waals surface area (Å²) in [4.78, 5) is 28.3. The molecule has 1 aliphatic carbocycles. The summed E-state index contributed by atoms with van der Waals surface area (Å²) in [5, 5.41) is 7.17. The lowest BCUT2D eigenvalue weighted by molar-refractivity contribution is -0.138. The number of nitrogens with one attached hydrogen (secondary N) is 1. The topological polar surface area (TPSA) is 69.3 Å². The highest BCUT2D eigenvalue weighted by atomic mass is 19.4. The quantitative estimate of drug-likeness (QED) is 0.767. The number of aromatic nitrogens is 2. The van der Waals surface area contributed by atoms with E-state index < -0.39 is 11.7 Å². The zero-order valence-electron chi connectivity index (χ0n) is 17.8. The summed E-state index contributed by atoms with van der Waals surface area (Å²) in [6, 6.07) is 5.86. The van der Waals surface area contributed by atoms with E-state index in [9.17, 15) is 22.8 Å². The van der Waals surface area contributed by atoms with Crippen molar-refractivity contribution in [2.24, 2.45) is 11.8 Å². The van der Waals surface area contributed by atoms with Gasteiger partial charge in [-0.1, -0.05) is 18.2 Å². The summed E-state index contributed by atoms with van der Waals surface area (Å²) >= 11 is 0. The van der Waals surface area contributed by atoms with Gasteiger partial charge in [-0.15, -0.1) is 0 Å². The van der Waals surface area contributed by atoms with Crippen molar-refractivity contribution in [1.82, 2.24) is 20.0 Å². The predicted octanol–water partition coefficient (Wildman–Crippen LogP) is 3.60. The van der Waals surface area contributed by atoms with E-state index in [1.165, 1.54) is 13.0 Å². The molecule has 1 N–H and O–H groups in total. The van der Waals surface area contributed by atoms with Crippen molar-refractivity contribution in [2.45, 2.75) is 44.8 Å². The summed E-state index contributed by atoms with van der Waals surface area (Å²) in [7, 11) is 0. The number of H-pyrrole nitrogens is 1. The Labute approximate surface area is 183 Å². The SMILES string of the molecule is CC(=O)N1CCc2c(C(=O)N3C[C@H]4C[C@@H](c5ccccc5C(F)(F)F)C[C@H]4C3)n[nH]c2C1. The van der Waals surface area contributed by atoms with Crippen LogP contribution in [0.5, 0.6) is 0 Å². The standard InChI is InChI=1S/C23H25F3N4O2/c1-13(31)29-7-6-18-20(12-29)27-28-21(18)22(32)30-10-15-8-14(9-16(15)11-30)17-4-2-3-5-19(17)23(24,25)26/h2-5,14-16H,6-12H2,1H3,(H,27,28)/t14-,15-,16+. The molecule has 6 nitrogen and oxygen atoms in total. The normalized spacial score (nSPS) is 25.1. The van der Waals surface area contributed by atoms with Crippen LogP contribution in [-0.4, -0.2) is 51.4 Å². The van der Waals surface area contributed by atoms with Gasteiger partial charge in [-0.3, -0.25) is 14.7 Å². The van der Waals surface area contributed by atoms with Crippen LogP contribution in [0.15, 0.2) is 24.3 Å². The van der Waals surface area contributed by atoms with Gasteiger partial charge < -0.3 is 9.80 Å². The van der Waals surface area contributed by atoms with Gasteiger partial charge in [0.1, 0.15) is 0 Å². The molecule has 1 saturated heterocycles. The lowest BCUT2D eigenvalue weighted by Crippen LogP contribution is -2.35. The number of likely N-dealkylation sites (tertiary alicyclic amines) is 1. The Bertz CT molecular complexity index is 1050. The van der Waals surface area contributed by atoms with Gasteiger partial charge in [0.05, 0.1) is 17.8 Å². The molecule has 1 aromatic carbocycles. The fraction of sp³-hybridized carbons (Fsp3) is 0.522. The maximum absolute atomic E-state index is 13.4. The van der Waals surface area contributed by atoms with Gasteiger partial charge >= 0.3 is 6.18 Å². The molecule has 32 heavy (non-hydrogen) atoms. The van der Waals surface area contributed by atoms with Crippen molar-refractivity contribution >= 4 is 11.8 Å². The number of carbonyl (C=O) groups is 2. The number of hydrogen-bond donors (Lipinski definition) is 1. The van der Waals surface area contributed by atoms with Crippen LogP contribution in [-0.2, 0) is 23.9 Å². The molecule has 170 valence electrons. The van der Waals surface area contributed by atoms with Crippen molar-refractivity contribution in [3.63, 3.8) is 0 Å². The largest absolute Gasteiger partial charge is 0.416 e. The first-order chi connectivity index (χ1) is 15.2. The van der Waals surface area contributed by atoms with Crippen molar-refractivity contribution in [3.8, 4) is 0 Å². The fourth-order valence-electron chi connectivity index (χ4n) is 5.74. The number of amides is 2. The Balaban J connectivity index is 1.27. The smallest absolute Gasteiger partial charge is 0.337 e. The molecule has 0 bridgehead atoms. The highest BCUT2D eigenvalue weighted by molar-refractivity contribution is 5.94. The number of alkyl halides is 3. The number of carbonyl (C=O) groups excluding carboxylic acids is 2. The lowest BCUT2D eigenvalue weighted by Gasteiger charge is -2.26.